The fourth-order valence-corrected chi connectivity index (χ4v) is 5.28. The van der Waals surface area contributed by atoms with Crippen LogP contribution in [0.2, 0.25) is 0 Å². The number of para-hydroxylation sites is 1. The molecule has 3 heterocycles. The first kappa shape index (κ1) is 20.8. The number of hydrogen-bond donors (Lipinski definition) is 1. The molecule has 0 unspecified atom stereocenters. The second-order valence-corrected chi connectivity index (χ2v) is 9.15. The minimum Gasteiger partial charge on any atom is -0.350 e. The number of amides is 1. The lowest BCUT2D eigenvalue weighted by Crippen LogP contribution is -2.27. The van der Waals surface area contributed by atoms with Crippen LogP contribution in [0.25, 0.3) is 27.3 Å². The van der Waals surface area contributed by atoms with Crippen LogP contribution in [-0.2, 0) is 6.54 Å². The first-order valence-electron chi connectivity index (χ1n) is 11.4. The number of carbonyl (C=O) groups excluding carboxylic acids is 1. The molecule has 164 valence electrons. The van der Waals surface area contributed by atoms with Gasteiger partial charge in [0, 0.05) is 18.5 Å². The van der Waals surface area contributed by atoms with Crippen LogP contribution in [0.15, 0.2) is 65.6 Å². The molecule has 4 aromatic rings. The molecule has 32 heavy (non-hydrogen) atoms. The molecule has 1 N–H and O–H groups in total. The Hall–Kier alpha value is -3.12. The van der Waals surface area contributed by atoms with E-state index in [1.165, 1.54) is 31.3 Å². The first-order valence-corrected chi connectivity index (χ1v) is 12.3. The summed E-state index contributed by atoms with van der Waals surface area (Å²) in [5.41, 5.74) is 5.05. The maximum Gasteiger partial charge on any atom is 0.267 e. The maximum atomic E-state index is 13.2. The van der Waals surface area contributed by atoms with Crippen molar-refractivity contribution in [1.82, 2.24) is 19.7 Å². The standard InChI is InChI=1S/C26H28N4OS/c1-2-29-22(25(31)27-16-15-19-10-5-3-6-11-19)18-21-24(23-14-9-17-32-23)28-30(26(21)29)20-12-7-4-8-13-20/h4,7-10,12-14,17-18H,2-3,5-6,11,15-16H2,1H3,(H,27,31). The lowest BCUT2D eigenvalue weighted by atomic mass is 9.97. The van der Waals surface area contributed by atoms with Gasteiger partial charge < -0.3 is 9.88 Å². The van der Waals surface area contributed by atoms with Crippen molar-refractivity contribution in [2.75, 3.05) is 6.54 Å². The van der Waals surface area contributed by atoms with Gasteiger partial charge in [-0.3, -0.25) is 4.79 Å². The third-order valence-corrected chi connectivity index (χ3v) is 7.02. The van der Waals surface area contributed by atoms with Gasteiger partial charge in [0.2, 0.25) is 0 Å². The monoisotopic (exact) mass is 444 g/mol. The van der Waals surface area contributed by atoms with E-state index in [0.29, 0.717) is 18.8 Å². The van der Waals surface area contributed by atoms with Crippen LogP contribution in [0.4, 0.5) is 0 Å². The van der Waals surface area contributed by atoms with Crippen molar-refractivity contribution in [2.24, 2.45) is 0 Å². The molecule has 0 saturated carbocycles. The summed E-state index contributed by atoms with van der Waals surface area (Å²) in [5.74, 6) is -0.0174. The van der Waals surface area contributed by atoms with Crippen molar-refractivity contribution in [3.63, 3.8) is 0 Å². The zero-order chi connectivity index (χ0) is 21.9. The van der Waals surface area contributed by atoms with Gasteiger partial charge >= 0.3 is 0 Å². The van der Waals surface area contributed by atoms with Crippen molar-refractivity contribution >= 4 is 28.3 Å². The molecule has 5 rings (SSSR count). The summed E-state index contributed by atoms with van der Waals surface area (Å²) in [6, 6.07) is 16.3. The number of aryl methyl sites for hydroxylation is 1. The third kappa shape index (κ3) is 3.91. The molecule has 0 aliphatic heterocycles. The highest BCUT2D eigenvalue weighted by atomic mass is 32.1. The Morgan fingerprint density at radius 1 is 1.16 bits per heavy atom. The average molecular weight is 445 g/mol. The average Bonchev–Trinajstić information content (AvgIpc) is 3.56. The molecule has 1 aliphatic carbocycles. The molecule has 1 amide bonds. The van der Waals surface area contributed by atoms with Gasteiger partial charge in [-0.25, -0.2) is 4.68 Å². The second kappa shape index (κ2) is 9.17. The molecule has 0 radical (unpaired) electrons. The fourth-order valence-electron chi connectivity index (χ4n) is 4.55. The van der Waals surface area contributed by atoms with Crippen molar-refractivity contribution in [1.29, 1.82) is 0 Å². The number of fused-ring (bicyclic) bond motifs is 1. The molecule has 0 atom stereocenters. The number of thiophene rings is 1. The second-order valence-electron chi connectivity index (χ2n) is 8.20. The SMILES string of the molecule is CCn1c(C(=O)NCCC2=CCCCC2)cc2c(-c3cccs3)nn(-c3ccccc3)c21. The molecule has 0 spiro atoms. The molecule has 1 aromatic carbocycles. The summed E-state index contributed by atoms with van der Waals surface area (Å²) in [6.45, 7) is 3.45. The smallest absolute Gasteiger partial charge is 0.267 e. The van der Waals surface area contributed by atoms with Crippen LogP contribution in [0, 0.1) is 0 Å². The van der Waals surface area contributed by atoms with Gasteiger partial charge in [0.15, 0.2) is 0 Å². The highest BCUT2D eigenvalue weighted by Crippen LogP contribution is 2.34. The van der Waals surface area contributed by atoms with Gasteiger partial charge in [-0.2, -0.15) is 5.10 Å². The van der Waals surface area contributed by atoms with E-state index in [1.807, 2.05) is 35.0 Å². The van der Waals surface area contributed by atoms with Crippen LogP contribution < -0.4 is 5.32 Å². The number of aromatic nitrogens is 3. The normalized spacial score (nSPS) is 14.0. The van der Waals surface area contributed by atoms with E-state index < -0.39 is 0 Å². The Balaban J connectivity index is 1.52. The Morgan fingerprint density at radius 3 is 2.75 bits per heavy atom. The molecular formula is C26H28N4OS. The summed E-state index contributed by atoms with van der Waals surface area (Å²) in [5, 5.41) is 11.2. The number of nitrogens with one attached hydrogen (secondary N) is 1. The van der Waals surface area contributed by atoms with E-state index in [2.05, 4.69) is 46.5 Å². The zero-order valence-corrected chi connectivity index (χ0v) is 19.2. The van der Waals surface area contributed by atoms with Gasteiger partial charge in [0.05, 0.1) is 10.6 Å². The van der Waals surface area contributed by atoms with Crippen LogP contribution in [0.3, 0.4) is 0 Å². The Labute approximate surface area is 192 Å². The predicted molar refractivity (Wildman–Crippen MR) is 132 cm³/mol. The van der Waals surface area contributed by atoms with E-state index in [-0.39, 0.29) is 5.91 Å². The van der Waals surface area contributed by atoms with E-state index in [1.54, 1.807) is 11.3 Å². The summed E-state index contributed by atoms with van der Waals surface area (Å²) in [4.78, 5) is 14.3. The van der Waals surface area contributed by atoms with Crippen molar-refractivity contribution in [3.05, 3.63) is 71.3 Å². The highest BCUT2D eigenvalue weighted by molar-refractivity contribution is 7.13. The van der Waals surface area contributed by atoms with Crippen LogP contribution >= 0.6 is 11.3 Å². The van der Waals surface area contributed by atoms with E-state index >= 15 is 0 Å². The molecule has 3 aromatic heterocycles. The maximum absolute atomic E-state index is 13.2. The number of carbonyl (C=O) groups is 1. The van der Waals surface area contributed by atoms with Crippen molar-refractivity contribution in [3.8, 4) is 16.3 Å². The minimum absolute atomic E-state index is 0.0174. The number of benzene rings is 1. The topological polar surface area (TPSA) is 51.9 Å². The van der Waals surface area contributed by atoms with E-state index in [4.69, 9.17) is 5.10 Å². The number of nitrogens with zero attached hydrogens (tertiary/aromatic N) is 3. The van der Waals surface area contributed by atoms with Gasteiger partial charge in [-0.05, 0) is 68.7 Å². The van der Waals surface area contributed by atoms with Crippen LogP contribution in [-0.4, -0.2) is 26.8 Å². The summed E-state index contributed by atoms with van der Waals surface area (Å²) in [6.07, 6.45) is 8.19. The Morgan fingerprint density at radius 2 is 2.03 bits per heavy atom. The number of allylic oxidation sites excluding steroid dienone is 1. The highest BCUT2D eigenvalue weighted by Gasteiger charge is 2.23. The van der Waals surface area contributed by atoms with Crippen LogP contribution in [0.5, 0.6) is 0 Å². The number of hydrogen-bond acceptors (Lipinski definition) is 3. The summed E-state index contributed by atoms with van der Waals surface area (Å²) < 4.78 is 4.05. The van der Waals surface area contributed by atoms with Gasteiger partial charge in [-0.1, -0.05) is 35.9 Å². The molecule has 1 aliphatic rings. The fraction of sp³-hybridized carbons (Fsp3) is 0.308. The molecule has 5 nitrogen and oxygen atoms in total. The lowest BCUT2D eigenvalue weighted by molar-refractivity contribution is 0.0945. The van der Waals surface area contributed by atoms with Crippen LogP contribution in [0.1, 0.15) is 49.5 Å². The Bertz CT molecular complexity index is 1250. The first-order chi connectivity index (χ1) is 15.8. The number of rotatable bonds is 7. The zero-order valence-electron chi connectivity index (χ0n) is 18.4. The third-order valence-electron chi connectivity index (χ3n) is 6.15. The lowest BCUT2D eigenvalue weighted by Gasteiger charge is -2.14. The van der Waals surface area contributed by atoms with E-state index in [9.17, 15) is 4.79 Å². The van der Waals surface area contributed by atoms with Gasteiger partial charge in [0.25, 0.3) is 5.91 Å². The van der Waals surface area contributed by atoms with Gasteiger partial charge in [-0.15, -0.1) is 11.3 Å². The van der Waals surface area contributed by atoms with E-state index in [0.717, 1.165) is 33.7 Å². The summed E-state index contributed by atoms with van der Waals surface area (Å²) >= 11 is 1.67. The molecule has 0 fully saturated rings. The largest absolute Gasteiger partial charge is 0.350 e. The molecular weight excluding hydrogens is 416 g/mol. The quantitative estimate of drug-likeness (QED) is 0.345. The van der Waals surface area contributed by atoms with Gasteiger partial charge in [0.1, 0.15) is 17.0 Å². The molecule has 0 bridgehead atoms. The minimum atomic E-state index is -0.0174. The summed E-state index contributed by atoms with van der Waals surface area (Å²) in [7, 11) is 0. The molecule has 6 heteroatoms. The van der Waals surface area contributed by atoms with Crippen molar-refractivity contribution in [2.45, 2.75) is 45.6 Å². The Kier molecular flexibility index (Phi) is 5.95. The predicted octanol–water partition coefficient (Wildman–Crippen LogP) is 6.20. The van der Waals surface area contributed by atoms with Crippen molar-refractivity contribution < 1.29 is 4.79 Å². The molecule has 0 saturated heterocycles.